The lowest BCUT2D eigenvalue weighted by molar-refractivity contribution is 0.240. The van der Waals surface area contributed by atoms with E-state index >= 15 is 0 Å². The summed E-state index contributed by atoms with van der Waals surface area (Å²) in [5.74, 6) is 0. The molecule has 5 nitrogen and oxygen atoms in total. The van der Waals surface area contributed by atoms with Gasteiger partial charge in [-0.3, -0.25) is 4.90 Å². The molecule has 2 N–H and O–H groups in total. The molecule has 1 saturated heterocycles. The van der Waals surface area contributed by atoms with Gasteiger partial charge in [0.05, 0.1) is 0 Å². The second-order valence-corrected chi connectivity index (χ2v) is 7.96. The Morgan fingerprint density at radius 2 is 1.63 bits per heavy atom. The van der Waals surface area contributed by atoms with Crippen molar-refractivity contribution >= 4 is 28.2 Å². The van der Waals surface area contributed by atoms with Crippen molar-refractivity contribution in [1.29, 1.82) is 0 Å². The summed E-state index contributed by atoms with van der Waals surface area (Å²) in [6.07, 6.45) is 0. The van der Waals surface area contributed by atoms with E-state index in [1.165, 1.54) is 22.0 Å². The number of urea groups is 1. The summed E-state index contributed by atoms with van der Waals surface area (Å²) in [4.78, 5) is 17.1. The van der Waals surface area contributed by atoms with Crippen LogP contribution in [0.25, 0.3) is 10.8 Å². The minimum Gasteiger partial charge on any atom is -0.368 e. The van der Waals surface area contributed by atoms with Crippen LogP contribution in [0.5, 0.6) is 0 Å². The van der Waals surface area contributed by atoms with Crippen molar-refractivity contribution in [2.24, 2.45) is 0 Å². The van der Waals surface area contributed by atoms with Gasteiger partial charge < -0.3 is 15.5 Å². The van der Waals surface area contributed by atoms with Gasteiger partial charge in [-0.1, -0.05) is 48.5 Å². The van der Waals surface area contributed by atoms with E-state index in [4.69, 9.17) is 0 Å². The third-order valence-corrected chi connectivity index (χ3v) is 6.05. The molecule has 1 aliphatic heterocycles. The van der Waals surface area contributed by atoms with Crippen LogP contribution in [0.15, 0.2) is 60.7 Å². The summed E-state index contributed by atoms with van der Waals surface area (Å²) < 4.78 is 0. The van der Waals surface area contributed by atoms with Gasteiger partial charge in [0.25, 0.3) is 0 Å². The third kappa shape index (κ3) is 4.57. The number of anilines is 2. The molecule has 0 radical (unpaired) electrons. The quantitative estimate of drug-likeness (QED) is 0.665. The Morgan fingerprint density at radius 3 is 2.47 bits per heavy atom. The first-order valence-corrected chi connectivity index (χ1v) is 10.7. The molecule has 0 aromatic heterocycles. The number of nitrogens with one attached hydrogen (secondary N) is 2. The molecule has 0 saturated carbocycles. The smallest absolute Gasteiger partial charge is 0.319 e. The maximum absolute atomic E-state index is 12.2. The van der Waals surface area contributed by atoms with E-state index in [9.17, 15) is 4.79 Å². The standard InChI is InChI=1S/C25H30N4O/c1-19-7-5-11-23(20(19)2)27-25(30)26-13-14-28-15-17-29(18-16-28)24-12-6-9-21-8-3-4-10-22(21)24/h3-12H,13-18H2,1-2H3,(H2,26,27,30). The highest BCUT2D eigenvalue weighted by Crippen LogP contribution is 2.27. The molecule has 1 fully saturated rings. The Hall–Kier alpha value is -3.05. The fourth-order valence-corrected chi connectivity index (χ4v) is 4.08. The SMILES string of the molecule is Cc1cccc(NC(=O)NCCN2CCN(c3cccc4ccccc34)CC2)c1C. The highest BCUT2D eigenvalue weighted by atomic mass is 16.2. The second kappa shape index (κ2) is 9.18. The molecule has 156 valence electrons. The molecule has 4 rings (SSSR count). The van der Waals surface area contributed by atoms with Crippen LogP contribution in [-0.4, -0.2) is 50.2 Å². The Kier molecular flexibility index (Phi) is 6.19. The largest absolute Gasteiger partial charge is 0.368 e. The van der Waals surface area contributed by atoms with E-state index in [1.54, 1.807) is 0 Å². The number of benzene rings is 3. The number of rotatable bonds is 5. The van der Waals surface area contributed by atoms with Gasteiger partial charge in [-0.05, 0) is 42.5 Å². The predicted octanol–water partition coefficient (Wildman–Crippen LogP) is 4.40. The van der Waals surface area contributed by atoms with Crippen LogP contribution < -0.4 is 15.5 Å². The number of nitrogens with zero attached hydrogens (tertiary/aromatic N) is 2. The van der Waals surface area contributed by atoms with Crippen molar-refractivity contribution in [2.45, 2.75) is 13.8 Å². The van der Waals surface area contributed by atoms with Crippen molar-refractivity contribution in [3.8, 4) is 0 Å². The van der Waals surface area contributed by atoms with Crippen LogP contribution in [0.4, 0.5) is 16.2 Å². The molecule has 3 aromatic carbocycles. The summed E-state index contributed by atoms with van der Waals surface area (Å²) >= 11 is 0. The van der Waals surface area contributed by atoms with E-state index in [0.29, 0.717) is 6.54 Å². The highest BCUT2D eigenvalue weighted by Gasteiger charge is 2.18. The molecular weight excluding hydrogens is 372 g/mol. The zero-order valence-electron chi connectivity index (χ0n) is 17.8. The summed E-state index contributed by atoms with van der Waals surface area (Å²) in [5, 5.41) is 8.55. The van der Waals surface area contributed by atoms with Crippen molar-refractivity contribution in [3.05, 3.63) is 71.8 Å². The molecule has 30 heavy (non-hydrogen) atoms. The molecule has 1 aliphatic rings. The molecule has 0 bridgehead atoms. The Balaban J connectivity index is 1.24. The van der Waals surface area contributed by atoms with Gasteiger partial charge in [0, 0.05) is 56.0 Å². The first-order chi connectivity index (χ1) is 14.6. The van der Waals surface area contributed by atoms with E-state index in [0.717, 1.165) is 44.0 Å². The number of hydrogen-bond donors (Lipinski definition) is 2. The average molecular weight is 403 g/mol. The van der Waals surface area contributed by atoms with Crippen molar-refractivity contribution in [1.82, 2.24) is 10.2 Å². The Labute approximate surface area is 178 Å². The molecule has 0 unspecified atom stereocenters. The fourth-order valence-electron chi connectivity index (χ4n) is 4.08. The van der Waals surface area contributed by atoms with Gasteiger partial charge >= 0.3 is 6.03 Å². The van der Waals surface area contributed by atoms with E-state index in [-0.39, 0.29) is 6.03 Å². The van der Waals surface area contributed by atoms with Crippen LogP contribution in [0.1, 0.15) is 11.1 Å². The zero-order valence-corrected chi connectivity index (χ0v) is 17.8. The van der Waals surface area contributed by atoms with Crippen LogP contribution in [0.2, 0.25) is 0 Å². The molecular formula is C25H30N4O. The normalized spacial score (nSPS) is 14.7. The number of hydrogen-bond acceptors (Lipinski definition) is 3. The first-order valence-electron chi connectivity index (χ1n) is 10.7. The fraction of sp³-hybridized carbons (Fsp3) is 0.320. The predicted molar refractivity (Wildman–Crippen MR) is 126 cm³/mol. The van der Waals surface area contributed by atoms with Gasteiger partial charge in [0.1, 0.15) is 0 Å². The van der Waals surface area contributed by atoms with Crippen molar-refractivity contribution < 1.29 is 4.79 Å². The molecule has 5 heteroatoms. The average Bonchev–Trinajstić information content (AvgIpc) is 2.77. The van der Waals surface area contributed by atoms with Crippen molar-refractivity contribution in [2.75, 3.05) is 49.5 Å². The molecule has 3 aromatic rings. The zero-order chi connectivity index (χ0) is 20.9. The number of aryl methyl sites for hydroxylation is 1. The molecule has 2 amide bonds. The Bertz CT molecular complexity index is 1020. The lowest BCUT2D eigenvalue weighted by atomic mass is 10.1. The summed E-state index contributed by atoms with van der Waals surface area (Å²) in [5.41, 5.74) is 4.48. The highest BCUT2D eigenvalue weighted by molar-refractivity contribution is 5.94. The van der Waals surface area contributed by atoms with E-state index in [1.807, 2.05) is 19.1 Å². The molecule has 1 heterocycles. The lowest BCUT2D eigenvalue weighted by Crippen LogP contribution is -2.48. The van der Waals surface area contributed by atoms with E-state index in [2.05, 4.69) is 75.9 Å². The summed E-state index contributed by atoms with van der Waals surface area (Å²) in [7, 11) is 0. The minimum absolute atomic E-state index is 0.141. The Morgan fingerprint density at radius 1 is 0.900 bits per heavy atom. The van der Waals surface area contributed by atoms with Crippen LogP contribution in [0.3, 0.4) is 0 Å². The van der Waals surface area contributed by atoms with E-state index < -0.39 is 0 Å². The van der Waals surface area contributed by atoms with Crippen LogP contribution in [-0.2, 0) is 0 Å². The van der Waals surface area contributed by atoms with Crippen LogP contribution in [0, 0.1) is 13.8 Å². The summed E-state index contributed by atoms with van der Waals surface area (Å²) in [6.45, 7) is 9.60. The van der Waals surface area contributed by atoms with Crippen molar-refractivity contribution in [3.63, 3.8) is 0 Å². The third-order valence-electron chi connectivity index (χ3n) is 6.05. The molecule has 0 aliphatic carbocycles. The second-order valence-electron chi connectivity index (χ2n) is 7.96. The molecule has 0 atom stereocenters. The van der Waals surface area contributed by atoms with Gasteiger partial charge in [0.15, 0.2) is 0 Å². The lowest BCUT2D eigenvalue weighted by Gasteiger charge is -2.36. The summed E-state index contributed by atoms with van der Waals surface area (Å²) in [6, 6.07) is 20.9. The minimum atomic E-state index is -0.141. The van der Waals surface area contributed by atoms with Gasteiger partial charge in [-0.25, -0.2) is 4.79 Å². The monoisotopic (exact) mass is 402 g/mol. The van der Waals surface area contributed by atoms with Gasteiger partial charge in [-0.15, -0.1) is 0 Å². The maximum atomic E-state index is 12.2. The van der Waals surface area contributed by atoms with Crippen LogP contribution >= 0.6 is 0 Å². The first kappa shape index (κ1) is 20.2. The number of piperazine rings is 1. The number of carbonyl (C=O) groups is 1. The van der Waals surface area contributed by atoms with Gasteiger partial charge in [0.2, 0.25) is 0 Å². The maximum Gasteiger partial charge on any atom is 0.319 e. The number of fused-ring (bicyclic) bond motifs is 1. The molecule has 0 spiro atoms. The van der Waals surface area contributed by atoms with Gasteiger partial charge in [-0.2, -0.15) is 0 Å². The number of carbonyl (C=O) groups excluding carboxylic acids is 1. The number of amides is 2. The topological polar surface area (TPSA) is 47.6 Å².